The van der Waals surface area contributed by atoms with Crippen molar-refractivity contribution in [3.8, 4) is 11.5 Å². The van der Waals surface area contributed by atoms with E-state index in [0.717, 1.165) is 0 Å². The van der Waals surface area contributed by atoms with Crippen LogP contribution in [0.15, 0.2) is 18.2 Å². The number of ether oxygens (including phenoxy) is 2. The molecule has 0 N–H and O–H groups in total. The van der Waals surface area contributed by atoms with Crippen molar-refractivity contribution in [1.29, 1.82) is 0 Å². The lowest BCUT2D eigenvalue weighted by Gasteiger charge is -2.45. The number of methoxy groups -OCH3 is 1. The molecule has 0 unspecified atom stereocenters. The maximum absolute atomic E-state index is 12.6. The number of amides is 1. The zero-order valence-electron chi connectivity index (χ0n) is 14.9. The molecule has 2 aliphatic heterocycles. The smallest absolute Gasteiger partial charge is 0.229 e. The van der Waals surface area contributed by atoms with Gasteiger partial charge in [-0.1, -0.05) is 0 Å². The molecule has 0 saturated carbocycles. The molecule has 136 valence electrons. The Morgan fingerprint density at radius 2 is 2.04 bits per heavy atom. The highest BCUT2D eigenvalue weighted by Crippen LogP contribution is 2.41. The number of Topliss-reactive ketones (excluding diaryl/α,β-unsaturated/α-hetero) is 1. The summed E-state index contributed by atoms with van der Waals surface area (Å²) in [5, 5.41) is 0. The van der Waals surface area contributed by atoms with Crippen LogP contribution in [-0.4, -0.2) is 48.3 Å². The first kappa shape index (κ1) is 18.1. The molecule has 1 aromatic rings. The molecule has 1 spiro atoms. The summed E-state index contributed by atoms with van der Waals surface area (Å²) >= 11 is 5.92. The standard InChI is InChI=1S/C19H24ClNO4/c1-18(2,12-20)17(23)21-8-6-19(7-9-21)11-15(22)14-5-4-13(24-3)10-16(14)25-19/h4-5,10H,6-9,11-12H2,1-3H3. The first-order chi connectivity index (χ1) is 11.8. The van der Waals surface area contributed by atoms with Crippen molar-refractivity contribution < 1.29 is 19.1 Å². The van der Waals surface area contributed by atoms with E-state index in [1.54, 1.807) is 25.3 Å². The van der Waals surface area contributed by atoms with Gasteiger partial charge in [0.1, 0.15) is 17.1 Å². The predicted molar refractivity (Wildman–Crippen MR) is 95.6 cm³/mol. The number of piperidine rings is 1. The van der Waals surface area contributed by atoms with Crippen LogP contribution in [-0.2, 0) is 4.79 Å². The monoisotopic (exact) mass is 365 g/mol. The number of fused-ring (bicyclic) bond motifs is 1. The molecule has 25 heavy (non-hydrogen) atoms. The number of carbonyl (C=O) groups excluding carboxylic acids is 2. The van der Waals surface area contributed by atoms with Crippen LogP contribution >= 0.6 is 11.6 Å². The Bertz CT molecular complexity index is 693. The van der Waals surface area contributed by atoms with Gasteiger partial charge in [-0.25, -0.2) is 0 Å². The van der Waals surface area contributed by atoms with Gasteiger partial charge in [0.2, 0.25) is 5.91 Å². The van der Waals surface area contributed by atoms with Gasteiger partial charge in [0, 0.05) is 37.9 Å². The molecule has 1 saturated heterocycles. The molecule has 1 aromatic carbocycles. The number of likely N-dealkylation sites (tertiary alicyclic amines) is 1. The van der Waals surface area contributed by atoms with E-state index in [1.807, 2.05) is 18.7 Å². The van der Waals surface area contributed by atoms with E-state index in [4.69, 9.17) is 21.1 Å². The van der Waals surface area contributed by atoms with Crippen LogP contribution in [0.4, 0.5) is 0 Å². The fourth-order valence-electron chi connectivity index (χ4n) is 3.48. The molecule has 1 fully saturated rings. The third-order valence-corrected chi connectivity index (χ3v) is 5.84. The number of alkyl halides is 1. The van der Waals surface area contributed by atoms with Crippen molar-refractivity contribution in [2.75, 3.05) is 26.1 Å². The highest BCUT2D eigenvalue weighted by molar-refractivity contribution is 6.19. The van der Waals surface area contributed by atoms with Gasteiger partial charge in [0.05, 0.1) is 24.5 Å². The number of hydrogen-bond acceptors (Lipinski definition) is 4. The van der Waals surface area contributed by atoms with Gasteiger partial charge in [0.25, 0.3) is 0 Å². The SMILES string of the molecule is COc1ccc2c(c1)OC1(CCN(C(=O)C(C)(C)CCl)CC1)CC2=O. The van der Waals surface area contributed by atoms with Crippen molar-refractivity contribution >= 4 is 23.3 Å². The van der Waals surface area contributed by atoms with Crippen molar-refractivity contribution in [2.45, 2.75) is 38.7 Å². The molecule has 0 aliphatic carbocycles. The average molecular weight is 366 g/mol. The zero-order valence-corrected chi connectivity index (χ0v) is 15.7. The minimum atomic E-state index is -0.574. The van der Waals surface area contributed by atoms with Crippen LogP contribution in [0, 0.1) is 5.41 Å². The zero-order chi connectivity index (χ0) is 18.2. The Kier molecular flexibility index (Phi) is 4.71. The topological polar surface area (TPSA) is 55.8 Å². The number of hydrogen-bond donors (Lipinski definition) is 0. The lowest BCUT2D eigenvalue weighted by atomic mass is 9.81. The molecule has 0 bridgehead atoms. The summed E-state index contributed by atoms with van der Waals surface area (Å²) in [7, 11) is 1.59. The van der Waals surface area contributed by atoms with Gasteiger partial charge in [-0.05, 0) is 26.0 Å². The van der Waals surface area contributed by atoms with Crippen molar-refractivity contribution in [3.05, 3.63) is 23.8 Å². The van der Waals surface area contributed by atoms with Crippen molar-refractivity contribution in [1.82, 2.24) is 4.90 Å². The molecule has 2 aliphatic rings. The number of halogens is 1. The Hall–Kier alpha value is -1.75. The fourth-order valence-corrected chi connectivity index (χ4v) is 3.60. The number of benzene rings is 1. The van der Waals surface area contributed by atoms with Crippen LogP contribution in [0.5, 0.6) is 11.5 Å². The molecule has 1 amide bonds. The summed E-state index contributed by atoms with van der Waals surface area (Å²) in [6.45, 7) is 4.86. The average Bonchev–Trinajstić information content (AvgIpc) is 2.61. The van der Waals surface area contributed by atoms with Crippen LogP contribution < -0.4 is 9.47 Å². The van der Waals surface area contributed by atoms with Gasteiger partial charge in [-0.2, -0.15) is 0 Å². The fraction of sp³-hybridized carbons (Fsp3) is 0.579. The Labute approximate surface area is 153 Å². The lowest BCUT2D eigenvalue weighted by molar-refractivity contribution is -0.142. The lowest BCUT2D eigenvalue weighted by Crippen LogP contribution is -2.54. The summed E-state index contributed by atoms with van der Waals surface area (Å²) < 4.78 is 11.5. The molecule has 2 heterocycles. The Balaban J connectivity index is 1.75. The quantitative estimate of drug-likeness (QED) is 0.771. The van der Waals surface area contributed by atoms with E-state index < -0.39 is 11.0 Å². The van der Waals surface area contributed by atoms with E-state index in [1.165, 1.54) is 0 Å². The van der Waals surface area contributed by atoms with Gasteiger partial charge in [0.15, 0.2) is 5.78 Å². The summed E-state index contributed by atoms with van der Waals surface area (Å²) in [6.07, 6.45) is 1.63. The molecule has 0 radical (unpaired) electrons. The van der Waals surface area contributed by atoms with E-state index in [9.17, 15) is 9.59 Å². The van der Waals surface area contributed by atoms with E-state index in [2.05, 4.69) is 0 Å². The third-order valence-electron chi connectivity index (χ3n) is 5.17. The van der Waals surface area contributed by atoms with Crippen molar-refractivity contribution in [3.63, 3.8) is 0 Å². The molecule has 0 aromatic heterocycles. The van der Waals surface area contributed by atoms with Crippen LogP contribution in [0.25, 0.3) is 0 Å². The number of rotatable bonds is 3. The molecular formula is C19H24ClNO4. The van der Waals surface area contributed by atoms with E-state index in [-0.39, 0.29) is 17.6 Å². The number of carbonyl (C=O) groups is 2. The molecule has 6 heteroatoms. The van der Waals surface area contributed by atoms with E-state index in [0.29, 0.717) is 49.4 Å². The van der Waals surface area contributed by atoms with Crippen LogP contribution in [0.1, 0.15) is 43.5 Å². The van der Waals surface area contributed by atoms with Crippen LogP contribution in [0.3, 0.4) is 0 Å². The third kappa shape index (κ3) is 3.34. The first-order valence-electron chi connectivity index (χ1n) is 8.56. The second-order valence-electron chi connectivity index (χ2n) is 7.56. The highest BCUT2D eigenvalue weighted by atomic mass is 35.5. The van der Waals surface area contributed by atoms with Gasteiger partial charge in [-0.15, -0.1) is 11.6 Å². The second-order valence-corrected chi connectivity index (χ2v) is 7.82. The summed E-state index contributed by atoms with van der Waals surface area (Å²) in [5.74, 6) is 1.68. The second kappa shape index (κ2) is 6.52. The summed E-state index contributed by atoms with van der Waals surface area (Å²) in [4.78, 5) is 27.0. The number of ketones is 1. The molecular weight excluding hydrogens is 342 g/mol. The molecule has 3 rings (SSSR count). The van der Waals surface area contributed by atoms with E-state index >= 15 is 0 Å². The van der Waals surface area contributed by atoms with Crippen LogP contribution in [0.2, 0.25) is 0 Å². The Morgan fingerprint density at radius 3 is 2.64 bits per heavy atom. The molecule has 5 nitrogen and oxygen atoms in total. The summed E-state index contributed by atoms with van der Waals surface area (Å²) in [6, 6.07) is 5.29. The largest absolute Gasteiger partial charge is 0.497 e. The van der Waals surface area contributed by atoms with Gasteiger partial charge >= 0.3 is 0 Å². The minimum absolute atomic E-state index is 0.0570. The van der Waals surface area contributed by atoms with Crippen molar-refractivity contribution in [2.24, 2.45) is 5.41 Å². The normalized spacial score (nSPS) is 19.4. The van der Waals surface area contributed by atoms with Gasteiger partial charge in [-0.3, -0.25) is 9.59 Å². The Morgan fingerprint density at radius 1 is 1.36 bits per heavy atom. The summed E-state index contributed by atoms with van der Waals surface area (Å²) in [5.41, 5.74) is -0.499. The minimum Gasteiger partial charge on any atom is -0.497 e. The predicted octanol–water partition coefficient (Wildman–Crippen LogP) is 3.29. The molecule has 0 atom stereocenters. The van der Waals surface area contributed by atoms with Gasteiger partial charge < -0.3 is 14.4 Å². The number of nitrogens with zero attached hydrogens (tertiary/aromatic N) is 1. The first-order valence-corrected chi connectivity index (χ1v) is 9.09. The highest BCUT2D eigenvalue weighted by Gasteiger charge is 2.45. The maximum Gasteiger partial charge on any atom is 0.229 e. The maximum atomic E-state index is 12.6.